The summed E-state index contributed by atoms with van der Waals surface area (Å²) in [4.78, 5) is 9.66. The first-order valence-corrected chi connectivity index (χ1v) is 5.46. The molecule has 0 aliphatic heterocycles. The van der Waals surface area contributed by atoms with Crippen LogP contribution in [0.25, 0.3) is 0 Å². The number of hydrogen-bond donors (Lipinski definition) is 1. The number of hydrogen-bond acceptors (Lipinski definition) is 3. The molecule has 0 aliphatic carbocycles. The Kier molecular flexibility index (Phi) is 4.76. The molecule has 1 unspecified atom stereocenters. The van der Waals surface area contributed by atoms with Crippen LogP contribution in [0.5, 0.6) is 0 Å². The lowest BCUT2D eigenvalue weighted by Gasteiger charge is -2.14. The minimum Gasteiger partial charge on any atom is -0.380 e. The molecule has 0 spiro atoms. The molecular weight excluding hydrogens is 242 g/mol. The van der Waals surface area contributed by atoms with E-state index in [1.54, 1.807) is 13.0 Å². The number of anilines is 1. The van der Waals surface area contributed by atoms with Crippen LogP contribution in [0.1, 0.15) is 19.8 Å². The van der Waals surface area contributed by atoms with Crippen molar-refractivity contribution in [3.8, 4) is 0 Å². The smallest absolute Gasteiger partial charge is 0.307 e. The molecule has 0 radical (unpaired) electrons. The second-order valence-corrected chi connectivity index (χ2v) is 3.95. The van der Waals surface area contributed by atoms with Gasteiger partial charge in [-0.25, -0.2) is 4.39 Å². The van der Waals surface area contributed by atoms with Gasteiger partial charge in [-0.2, -0.15) is 4.39 Å². The average Bonchev–Trinajstić information content (AvgIpc) is 2.29. The van der Waals surface area contributed by atoms with Crippen LogP contribution >= 0.6 is 0 Å². The molecule has 1 rings (SSSR count). The van der Waals surface area contributed by atoms with Crippen LogP contribution in [0.3, 0.4) is 0 Å². The van der Waals surface area contributed by atoms with Crippen molar-refractivity contribution in [1.82, 2.24) is 0 Å². The summed E-state index contributed by atoms with van der Waals surface area (Å²) < 4.78 is 26.5. The number of halogens is 2. The summed E-state index contributed by atoms with van der Waals surface area (Å²) in [6.45, 7) is 5.37. The molecule has 4 nitrogen and oxygen atoms in total. The molecule has 98 valence electrons. The topological polar surface area (TPSA) is 55.2 Å². The highest BCUT2D eigenvalue weighted by Crippen LogP contribution is 2.25. The zero-order valence-electron chi connectivity index (χ0n) is 9.95. The van der Waals surface area contributed by atoms with Crippen LogP contribution in [0.15, 0.2) is 24.8 Å². The van der Waals surface area contributed by atoms with Gasteiger partial charge in [-0.05, 0) is 19.8 Å². The van der Waals surface area contributed by atoms with E-state index in [9.17, 15) is 18.9 Å². The number of nitro benzene ring substituents is 1. The fourth-order valence-corrected chi connectivity index (χ4v) is 1.49. The van der Waals surface area contributed by atoms with Crippen molar-refractivity contribution in [3.63, 3.8) is 0 Å². The van der Waals surface area contributed by atoms with E-state index in [1.807, 2.05) is 0 Å². The van der Waals surface area contributed by atoms with Gasteiger partial charge in [-0.15, -0.1) is 6.58 Å². The van der Waals surface area contributed by atoms with E-state index < -0.39 is 22.2 Å². The highest BCUT2D eigenvalue weighted by Gasteiger charge is 2.19. The highest BCUT2D eigenvalue weighted by atomic mass is 19.1. The standard InChI is InChI=1S/C12H14F2N2O2/c1-3-4-5-8(2)15-11-7-12(16(17)18)10(14)6-9(11)13/h3,6-8,15H,1,4-5H2,2H3. The molecule has 6 heteroatoms. The molecule has 0 aliphatic rings. The fraction of sp³-hybridized carbons (Fsp3) is 0.333. The fourth-order valence-electron chi connectivity index (χ4n) is 1.49. The molecule has 0 saturated heterocycles. The van der Waals surface area contributed by atoms with Gasteiger partial charge in [0.25, 0.3) is 0 Å². The molecular formula is C12H14F2N2O2. The normalized spacial score (nSPS) is 11.9. The zero-order chi connectivity index (χ0) is 13.7. The van der Waals surface area contributed by atoms with E-state index in [2.05, 4.69) is 11.9 Å². The van der Waals surface area contributed by atoms with Crippen molar-refractivity contribution >= 4 is 11.4 Å². The molecule has 1 N–H and O–H groups in total. The van der Waals surface area contributed by atoms with E-state index in [-0.39, 0.29) is 11.7 Å². The van der Waals surface area contributed by atoms with Crippen molar-refractivity contribution in [1.29, 1.82) is 0 Å². The number of allylic oxidation sites excluding steroid dienone is 1. The first kappa shape index (κ1) is 14.1. The van der Waals surface area contributed by atoms with Crippen LogP contribution in [0.2, 0.25) is 0 Å². The first-order chi connectivity index (χ1) is 8.45. The number of benzene rings is 1. The van der Waals surface area contributed by atoms with Gasteiger partial charge in [0.2, 0.25) is 5.82 Å². The van der Waals surface area contributed by atoms with Crippen molar-refractivity contribution in [2.75, 3.05) is 5.32 Å². The average molecular weight is 256 g/mol. The summed E-state index contributed by atoms with van der Waals surface area (Å²) >= 11 is 0. The highest BCUT2D eigenvalue weighted by molar-refractivity contribution is 5.53. The summed E-state index contributed by atoms with van der Waals surface area (Å²) in [5.41, 5.74) is -0.811. The maximum Gasteiger partial charge on any atom is 0.307 e. The lowest BCUT2D eigenvalue weighted by Crippen LogP contribution is -2.16. The maximum atomic E-state index is 13.4. The molecule has 0 heterocycles. The third-order valence-corrected chi connectivity index (χ3v) is 2.44. The second-order valence-electron chi connectivity index (χ2n) is 3.95. The lowest BCUT2D eigenvalue weighted by atomic mass is 10.1. The van der Waals surface area contributed by atoms with Crippen LogP contribution in [-0.2, 0) is 0 Å². The first-order valence-electron chi connectivity index (χ1n) is 5.46. The van der Waals surface area contributed by atoms with E-state index in [4.69, 9.17) is 0 Å². The molecule has 1 aromatic carbocycles. The lowest BCUT2D eigenvalue weighted by molar-refractivity contribution is -0.387. The van der Waals surface area contributed by atoms with Gasteiger partial charge in [-0.1, -0.05) is 6.08 Å². The van der Waals surface area contributed by atoms with Crippen molar-refractivity contribution in [2.45, 2.75) is 25.8 Å². The third kappa shape index (κ3) is 3.51. The summed E-state index contributed by atoms with van der Waals surface area (Å²) in [7, 11) is 0. The van der Waals surface area contributed by atoms with Crippen LogP contribution in [-0.4, -0.2) is 11.0 Å². The van der Waals surface area contributed by atoms with Gasteiger partial charge in [-0.3, -0.25) is 10.1 Å². The second kappa shape index (κ2) is 6.09. The summed E-state index contributed by atoms with van der Waals surface area (Å²) in [6, 6.07) is 1.29. The Hall–Kier alpha value is -1.98. The number of nitrogens with zero attached hydrogens (tertiary/aromatic N) is 1. The molecule has 18 heavy (non-hydrogen) atoms. The van der Waals surface area contributed by atoms with E-state index >= 15 is 0 Å². The van der Waals surface area contributed by atoms with E-state index in [1.165, 1.54) is 0 Å². The number of nitro groups is 1. The van der Waals surface area contributed by atoms with Gasteiger partial charge in [0.1, 0.15) is 5.82 Å². The van der Waals surface area contributed by atoms with Crippen LogP contribution in [0, 0.1) is 21.7 Å². The zero-order valence-corrected chi connectivity index (χ0v) is 9.95. The monoisotopic (exact) mass is 256 g/mol. The number of rotatable bonds is 6. The summed E-state index contributed by atoms with van der Waals surface area (Å²) in [5, 5.41) is 13.3. The third-order valence-electron chi connectivity index (χ3n) is 2.44. The Balaban J connectivity index is 2.91. The molecule has 0 saturated carbocycles. The molecule has 0 aromatic heterocycles. The minimum atomic E-state index is -1.18. The van der Waals surface area contributed by atoms with E-state index in [0.717, 1.165) is 12.5 Å². The molecule has 1 atom stereocenters. The van der Waals surface area contributed by atoms with Gasteiger partial charge < -0.3 is 5.32 Å². The van der Waals surface area contributed by atoms with Gasteiger partial charge in [0.05, 0.1) is 10.6 Å². The Morgan fingerprint density at radius 3 is 2.72 bits per heavy atom. The van der Waals surface area contributed by atoms with Crippen LogP contribution in [0.4, 0.5) is 20.2 Å². The van der Waals surface area contributed by atoms with Crippen molar-refractivity contribution < 1.29 is 13.7 Å². The van der Waals surface area contributed by atoms with Crippen molar-refractivity contribution in [3.05, 3.63) is 46.5 Å². The largest absolute Gasteiger partial charge is 0.380 e. The van der Waals surface area contributed by atoms with Gasteiger partial charge in [0, 0.05) is 18.2 Å². The Bertz CT molecular complexity index is 464. The molecule has 1 aromatic rings. The van der Waals surface area contributed by atoms with Crippen LogP contribution < -0.4 is 5.32 Å². The summed E-state index contributed by atoms with van der Waals surface area (Å²) in [5.74, 6) is -2.02. The molecule has 0 fully saturated rings. The Morgan fingerprint density at radius 2 is 2.17 bits per heavy atom. The predicted molar refractivity (Wildman–Crippen MR) is 65.5 cm³/mol. The van der Waals surface area contributed by atoms with Gasteiger partial charge >= 0.3 is 5.69 Å². The molecule has 0 amide bonds. The Morgan fingerprint density at radius 1 is 1.50 bits per heavy atom. The Labute approximate surface area is 103 Å². The maximum absolute atomic E-state index is 13.4. The van der Waals surface area contributed by atoms with Gasteiger partial charge in [0.15, 0.2) is 0 Å². The SMILES string of the molecule is C=CCCC(C)Nc1cc([N+](=O)[O-])c(F)cc1F. The van der Waals surface area contributed by atoms with E-state index in [0.29, 0.717) is 12.5 Å². The van der Waals surface area contributed by atoms with Crippen molar-refractivity contribution in [2.24, 2.45) is 0 Å². The quantitative estimate of drug-likeness (QED) is 0.480. The minimum absolute atomic E-state index is 0.0698. The number of nitrogens with one attached hydrogen (secondary N) is 1. The summed E-state index contributed by atoms with van der Waals surface area (Å²) in [6.07, 6.45) is 3.16. The predicted octanol–water partition coefficient (Wildman–Crippen LogP) is 3.64. The molecule has 0 bridgehead atoms.